The van der Waals surface area contributed by atoms with Crippen molar-refractivity contribution in [2.75, 3.05) is 6.54 Å². The Hall–Kier alpha value is -0.340. The Morgan fingerprint density at radius 3 is 2.93 bits per heavy atom. The van der Waals surface area contributed by atoms with Crippen LogP contribution in [0, 0.1) is 11.8 Å². The molecule has 1 aliphatic rings. The summed E-state index contributed by atoms with van der Waals surface area (Å²) in [7, 11) is 0. The van der Waals surface area contributed by atoms with E-state index >= 15 is 0 Å². The predicted octanol–water partition coefficient (Wildman–Crippen LogP) is 3.83. The smallest absolute Gasteiger partial charge is 0.0359 e. The first kappa shape index (κ1) is 11.2. The lowest BCUT2D eigenvalue weighted by atomic mass is 9.87. The van der Waals surface area contributed by atoms with Crippen molar-refractivity contribution < 1.29 is 0 Å². The molecule has 1 aromatic heterocycles. The zero-order valence-corrected chi connectivity index (χ0v) is 10.5. The van der Waals surface area contributed by atoms with Gasteiger partial charge in [0.15, 0.2) is 0 Å². The molecule has 3 unspecified atom stereocenters. The highest BCUT2D eigenvalue weighted by Gasteiger charge is 2.31. The minimum Gasteiger partial charge on any atom is -0.310 e. The monoisotopic (exact) mass is 223 g/mol. The lowest BCUT2D eigenvalue weighted by molar-refractivity contribution is 0.306. The Labute approximate surface area is 96.9 Å². The van der Waals surface area contributed by atoms with E-state index < -0.39 is 0 Å². The number of thiophene rings is 1. The summed E-state index contributed by atoms with van der Waals surface area (Å²) < 4.78 is 0. The molecule has 0 bridgehead atoms. The lowest BCUT2D eigenvalue weighted by Crippen LogP contribution is -2.29. The minimum atomic E-state index is 0.596. The standard InChI is InChI=1S/C13H21NS/c1-3-14-13(11-7-8-15-9-11)12-6-4-5-10(12)2/h7-10,12-14H,3-6H2,1-2H3. The molecule has 0 aliphatic heterocycles. The molecule has 15 heavy (non-hydrogen) atoms. The fraction of sp³-hybridized carbons (Fsp3) is 0.692. The van der Waals surface area contributed by atoms with Crippen molar-refractivity contribution >= 4 is 11.3 Å². The third-order valence-corrected chi connectivity index (χ3v) is 4.38. The summed E-state index contributed by atoms with van der Waals surface area (Å²) >= 11 is 1.81. The maximum atomic E-state index is 3.66. The van der Waals surface area contributed by atoms with Gasteiger partial charge in [-0.15, -0.1) is 0 Å². The molecule has 1 aliphatic carbocycles. The molecule has 2 rings (SSSR count). The molecule has 2 heteroatoms. The van der Waals surface area contributed by atoms with Crippen LogP contribution in [0.25, 0.3) is 0 Å². The van der Waals surface area contributed by atoms with Crippen LogP contribution in [0.4, 0.5) is 0 Å². The lowest BCUT2D eigenvalue weighted by Gasteiger charge is -2.27. The van der Waals surface area contributed by atoms with E-state index in [1.54, 1.807) is 0 Å². The van der Waals surface area contributed by atoms with Crippen LogP contribution < -0.4 is 5.32 Å². The van der Waals surface area contributed by atoms with Gasteiger partial charge in [-0.2, -0.15) is 11.3 Å². The summed E-state index contributed by atoms with van der Waals surface area (Å²) in [5.74, 6) is 1.73. The molecule has 0 radical (unpaired) electrons. The molecule has 1 nitrogen and oxygen atoms in total. The van der Waals surface area contributed by atoms with Gasteiger partial charge in [0.1, 0.15) is 0 Å². The highest BCUT2D eigenvalue weighted by molar-refractivity contribution is 7.07. The van der Waals surface area contributed by atoms with Gasteiger partial charge in [0.2, 0.25) is 0 Å². The van der Waals surface area contributed by atoms with E-state index in [-0.39, 0.29) is 0 Å². The fourth-order valence-corrected chi connectivity index (χ4v) is 3.55. The van der Waals surface area contributed by atoms with E-state index in [0.717, 1.165) is 18.4 Å². The van der Waals surface area contributed by atoms with Crippen molar-refractivity contribution in [1.82, 2.24) is 5.32 Å². The first-order valence-corrected chi connectivity index (χ1v) is 7.02. The molecular formula is C13H21NS. The van der Waals surface area contributed by atoms with Crippen molar-refractivity contribution in [2.45, 2.75) is 39.2 Å². The Kier molecular flexibility index (Phi) is 3.81. The highest BCUT2D eigenvalue weighted by atomic mass is 32.1. The summed E-state index contributed by atoms with van der Waals surface area (Å²) in [5.41, 5.74) is 1.50. The maximum Gasteiger partial charge on any atom is 0.0359 e. The second-order valence-electron chi connectivity index (χ2n) is 4.66. The molecule has 0 saturated heterocycles. The average Bonchev–Trinajstić information content (AvgIpc) is 2.85. The molecule has 1 fully saturated rings. The van der Waals surface area contributed by atoms with Gasteiger partial charge in [-0.1, -0.05) is 26.7 Å². The normalized spacial score (nSPS) is 28.1. The summed E-state index contributed by atoms with van der Waals surface area (Å²) in [6.45, 7) is 5.69. The highest BCUT2D eigenvalue weighted by Crippen LogP contribution is 2.40. The molecule has 1 aromatic rings. The molecule has 1 heterocycles. The Morgan fingerprint density at radius 2 is 2.40 bits per heavy atom. The maximum absolute atomic E-state index is 3.66. The first-order valence-electron chi connectivity index (χ1n) is 6.08. The van der Waals surface area contributed by atoms with Gasteiger partial charge in [0.05, 0.1) is 0 Å². The van der Waals surface area contributed by atoms with Gasteiger partial charge in [-0.25, -0.2) is 0 Å². The van der Waals surface area contributed by atoms with Crippen LogP contribution in [0.15, 0.2) is 16.8 Å². The minimum absolute atomic E-state index is 0.596. The number of rotatable bonds is 4. The number of hydrogen-bond donors (Lipinski definition) is 1. The molecular weight excluding hydrogens is 202 g/mol. The molecule has 1 saturated carbocycles. The van der Waals surface area contributed by atoms with Crippen molar-refractivity contribution in [3.05, 3.63) is 22.4 Å². The Bertz CT molecular complexity index is 281. The number of hydrogen-bond acceptors (Lipinski definition) is 2. The van der Waals surface area contributed by atoms with Crippen molar-refractivity contribution in [1.29, 1.82) is 0 Å². The van der Waals surface area contributed by atoms with E-state index in [1.165, 1.54) is 24.8 Å². The van der Waals surface area contributed by atoms with Gasteiger partial charge in [0, 0.05) is 6.04 Å². The van der Waals surface area contributed by atoms with Crippen LogP contribution >= 0.6 is 11.3 Å². The Balaban J connectivity index is 2.12. The predicted molar refractivity (Wildman–Crippen MR) is 67.2 cm³/mol. The van der Waals surface area contributed by atoms with Gasteiger partial charge >= 0.3 is 0 Å². The summed E-state index contributed by atoms with van der Waals surface area (Å²) in [5, 5.41) is 8.16. The Morgan fingerprint density at radius 1 is 1.53 bits per heavy atom. The molecule has 0 aromatic carbocycles. The van der Waals surface area contributed by atoms with E-state index in [1.807, 2.05) is 11.3 Å². The number of nitrogens with one attached hydrogen (secondary N) is 1. The second kappa shape index (κ2) is 5.13. The van der Waals surface area contributed by atoms with Crippen LogP contribution in [0.2, 0.25) is 0 Å². The van der Waals surface area contributed by atoms with E-state index in [9.17, 15) is 0 Å². The summed E-state index contributed by atoms with van der Waals surface area (Å²) in [4.78, 5) is 0. The van der Waals surface area contributed by atoms with E-state index in [4.69, 9.17) is 0 Å². The molecule has 1 N–H and O–H groups in total. The third kappa shape index (κ3) is 2.43. The first-order chi connectivity index (χ1) is 7.33. The van der Waals surface area contributed by atoms with E-state index in [2.05, 4.69) is 36.0 Å². The van der Waals surface area contributed by atoms with Crippen molar-refractivity contribution in [3.63, 3.8) is 0 Å². The SMILES string of the molecule is CCNC(c1ccsc1)C1CCCC1C. The van der Waals surface area contributed by atoms with Crippen molar-refractivity contribution in [2.24, 2.45) is 11.8 Å². The molecule has 3 atom stereocenters. The topological polar surface area (TPSA) is 12.0 Å². The summed E-state index contributed by atoms with van der Waals surface area (Å²) in [6.07, 6.45) is 4.23. The zero-order chi connectivity index (χ0) is 10.7. The largest absolute Gasteiger partial charge is 0.310 e. The van der Waals surface area contributed by atoms with E-state index in [0.29, 0.717) is 6.04 Å². The molecule has 0 amide bonds. The van der Waals surface area contributed by atoms with Crippen molar-refractivity contribution in [3.8, 4) is 0 Å². The third-order valence-electron chi connectivity index (χ3n) is 3.68. The molecule has 0 spiro atoms. The zero-order valence-electron chi connectivity index (χ0n) is 9.70. The molecule has 84 valence electrons. The van der Waals surface area contributed by atoms with Crippen LogP contribution in [0.1, 0.15) is 44.7 Å². The van der Waals surface area contributed by atoms with Gasteiger partial charge in [0.25, 0.3) is 0 Å². The van der Waals surface area contributed by atoms with Crippen LogP contribution in [0.5, 0.6) is 0 Å². The van der Waals surface area contributed by atoms with Crippen LogP contribution in [0.3, 0.4) is 0 Å². The average molecular weight is 223 g/mol. The van der Waals surface area contributed by atoms with Gasteiger partial charge < -0.3 is 5.32 Å². The fourth-order valence-electron chi connectivity index (χ4n) is 2.86. The summed E-state index contributed by atoms with van der Waals surface area (Å²) in [6, 6.07) is 2.88. The second-order valence-corrected chi connectivity index (χ2v) is 5.44. The quantitative estimate of drug-likeness (QED) is 0.818. The van der Waals surface area contributed by atoms with Gasteiger partial charge in [-0.05, 0) is 47.2 Å². The van der Waals surface area contributed by atoms with Crippen LogP contribution in [-0.2, 0) is 0 Å². The van der Waals surface area contributed by atoms with Crippen LogP contribution in [-0.4, -0.2) is 6.54 Å². The van der Waals surface area contributed by atoms with Gasteiger partial charge in [-0.3, -0.25) is 0 Å².